The van der Waals surface area contributed by atoms with Crippen molar-refractivity contribution in [3.63, 3.8) is 0 Å². The van der Waals surface area contributed by atoms with Crippen molar-refractivity contribution in [3.8, 4) is 5.75 Å². The van der Waals surface area contributed by atoms with Gasteiger partial charge in [0.2, 0.25) is 0 Å². The minimum Gasteiger partial charge on any atom is -0.497 e. The molecule has 2 heterocycles. The van der Waals surface area contributed by atoms with Gasteiger partial charge in [0.25, 0.3) is 0 Å². The van der Waals surface area contributed by atoms with Crippen LogP contribution in [0.5, 0.6) is 5.75 Å². The number of rotatable bonds is 4. The highest BCUT2D eigenvalue weighted by molar-refractivity contribution is 5.29. The lowest BCUT2D eigenvalue weighted by molar-refractivity contribution is 0.237. The molecule has 20 heavy (non-hydrogen) atoms. The van der Waals surface area contributed by atoms with Crippen LogP contribution in [0.25, 0.3) is 0 Å². The van der Waals surface area contributed by atoms with Crippen LogP contribution < -0.4 is 4.74 Å². The third-order valence-corrected chi connectivity index (χ3v) is 3.90. The second-order valence-electron chi connectivity index (χ2n) is 5.17. The lowest BCUT2D eigenvalue weighted by atomic mass is 10.00. The summed E-state index contributed by atoms with van der Waals surface area (Å²) in [5.74, 6) is 2.91. The summed E-state index contributed by atoms with van der Waals surface area (Å²) in [6.45, 7) is 1.10. The number of fused-ring (bicyclic) bond motifs is 1. The quantitative estimate of drug-likeness (QED) is 0.922. The van der Waals surface area contributed by atoms with Crippen molar-refractivity contribution in [3.05, 3.63) is 41.5 Å². The largest absolute Gasteiger partial charge is 0.497 e. The Morgan fingerprint density at radius 3 is 2.80 bits per heavy atom. The van der Waals surface area contributed by atoms with Gasteiger partial charge < -0.3 is 14.4 Å². The molecule has 1 aromatic carbocycles. The fourth-order valence-corrected chi connectivity index (χ4v) is 2.75. The van der Waals surface area contributed by atoms with E-state index in [4.69, 9.17) is 4.74 Å². The summed E-state index contributed by atoms with van der Waals surface area (Å²) in [6.07, 6.45) is 2.83. The first-order valence-electron chi connectivity index (χ1n) is 6.97. The highest BCUT2D eigenvalue weighted by Gasteiger charge is 2.24. The summed E-state index contributed by atoms with van der Waals surface area (Å²) in [4.78, 5) is 0. The maximum Gasteiger partial charge on any atom is 0.138 e. The van der Waals surface area contributed by atoms with Crippen LogP contribution in [-0.2, 0) is 13.0 Å². The fraction of sp³-hybridized carbons (Fsp3) is 0.467. The molecule has 0 saturated carbocycles. The van der Waals surface area contributed by atoms with Crippen molar-refractivity contribution in [2.75, 3.05) is 13.7 Å². The predicted molar refractivity (Wildman–Crippen MR) is 74.9 cm³/mol. The molecule has 0 saturated heterocycles. The first-order valence-corrected chi connectivity index (χ1v) is 6.97. The Morgan fingerprint density at radius 1 is 1.30 bits per heavy atom. The number of aliphatic hydroxyl groups is 1. The second kappa shape index (κ2) is 5.63. The van der Waals surface area contributed by atoms with Gasteiger partial charge in [0.05, 0.1) is 13.7 Å². The first kappa shape index (κ1) is 13.1. The van der Waals surface area contributed by atoms with Crippen LogP contribution in [0.15, 0.2) is 24.3 Å². The lowest BCUT2D eigenvalue weighted by Crippen LogP contribution is -2.20. The Labute approximate surface area is 118 Å². The standard InChI is InChI=1S/C15H19N3O2/c1-20-13-6-4-11(5-7-13)9-14-16-17-15-12(10-19)3-2-8-18(14)15/h4-7,12,19H,2-3,8-10H2,1H3. The van der Waals surface area contributed by atoms with E-state index in [2.05, 4.69) is 14.8 Å². The van der Waals surface area contributed by atoms with Crippen LogP contribution >= 0.6 is 0 Å². The van der Waals surface area contributed by atoms with E-state index >= 15 is 0 Å². The van der Waals surface area contributed by atoms with Crippen LogP contribution in [0.3, 0.4) is 0 Å². The molecule has 0 amide bonds. The van der Waals surface area contributed by atoms with Crippen molar-refractivity contribution in [1.82, 2.24) is 14.8 Å². The van der Waals surface area contributed by atoms with Crippen LogP contribution in [0.2, 0.25) is 0 Å². The molecule has 1 aromatic heterocycles. The Balaban J connectivity index is 1.82. The van der Waals surface area contributed by atoms with Crippen LogP contribution in [0.1, 0.15) is 36.0 Å². The van der Waals surface area contributed by atoms with Crippen LogP contribution in [-0.4, -0.2) is 33.6 Å². The van der Waals surface area contributed by atoms with E-state index < -0.39 is 0 Å². The zero-order chi connectivity index (χ0) is 13.9. The Morgan fingerprint density at radius 2 is 2.10 bits per heavy atom. The number of nitrogens with zero attached hydrogens (tertiary/aromatic N) is 3. The molecule has 2 aromatic rings. The normalized spacial score (nSPS) is 17.8. The number of hydrogen-bond donors (Lipinski definition) is 1. The summed E-state index contributed by atoms with van der Waals surface area (Å²) in [5.41, 5.74) is 1.19. The van der Waals surface area contributed by atoms with Gasteiger partial charge in [-0.15, -0.1) is 10.2 Å². The highest BCUT2D eigenvalue weighted by Crippen LogP contribution is 2.26. The molecule has 1 aliphatic heterocycles. The van der Waals surface area contributed by atoms with Gasteiger partial charge in [0.15, 0.2) is 0 Å². The molecule has 1 N–H and O–H groups in total. The molecule has 106 valence electrons. The van der Waals surface area contributed by atoms with E-state index in [1.807, 2.05) is 24.3 Å². The predicted octanol–water partition coefficient (Wildman–Crippen LogP) is 1.75. The van der Waals surface area contributed by atoms with Gasteiger partial charge in [0.1, 0.15) is 17.4 Å². The van der Waals surface area contributed by atoms with E-state index in [0.29, 0.717) is 0 Å². The Bertz CT molecular complexity index is 577. The van der Waals surface area contributed by atoms with Gasteiger partial charge in [-0.05, 0) is 30.5 Å². The molecular weight excluding hydrogens is 254 g/mol. The molecule has 0 aliphatic carbocycles. The number of methoxy groups -OCH3 is 1. The monoisotopic (exact) mass is 273 g/mol. The topological polar surface area (TPSA) is 60.2 Å². The molecule has 1 aliphatic rings. The van der Waals surface area contributed by atoms with Gasteiger partial charge in [0, 0.05) is 18.9 Å². The summed E-state index contributed by atoms with van der Waals surface area (Å²) in [6, 6.07) is 8.01. The minimum atomic E-state index is 0.140. The SMILES string of the molecule is COc1ccc(Cc2nnc3n2CCCC3CO)cc1. The third-order valence-electron chi connectivity index (χ3n) is 3.90. The van der Waals surface area contributed by atoms with E-state index in [-0.39, 0.29) is 12.5 Å². The number of hydrogen-bond acceptors (Lipinski definition) is 4. The molecule has 5 heteroatoms. The molecule has 1 unspecified atom stereocenters. The van der Waals surface area contributed by atoms with Crippen LogP contribution in [0, 0.1) is 0 Å². The third kappa shape index (κ3) is 2.41. The molecule has 1 atom stereocenters. The van der Waals surface area contributed by atoms with Crippen LogP contribution in [0.4, 0.5) is 0 Å². The maximum atomic E-state index is 9.40. The van der Waals surface area contributed by atoms with Gasteiger partial charge in [-0.25, -0.2) is 0 Å². The van der Waals surface area contributed by atoms with Crippen molar-refractivity contribution in [2.45, 2.75) is 31.7 Å². The van der Waals surface area contributed by atoms with Crippen molar-refractivity contribution < 1.29 is 9.84 Å². The summed E-state index contributed by atoms with van der Waals surface area (Å²) >= 11 is 0. The number of benzene rings is 1. The van der Waals surface area contributed by atoms with E-state index in [0.717, 1.165) is 43.2 Å². The summed E-state index contributed by atoms with van der Waals surface area (Å²) < 4.78 is 7.32. The van der Waals surface area contributed by atoms with Crippen molar-refractivity contribution >= 4 is 0 Å². The molecule has 3 rings (SSSR count). The molecule has 0 spiro atoms. The molecular formula is C15H19N3O2. The second-order valence-corrected chi connectivity index (χ2v) is 5.17. The molecule has 5 nitrogen and oxygen atoms in total. The summed E-state index contributed by atoms with van der Waals surface area (Å²) in [7, 11) is 1.67. The van der Waals surface area contributed by atoms with Gasteiger partial charge in [-0.3, -0.25) is 0 Å². The minimum absolute atomic E-state index is 0.140. The Kier molecular flexibility index (Phi) is 3.69. The smallest absolute Gasteiger partial charge is 0.138 e. The zero-order valence-electron chi connectivity index (χ0n) is 11.6. The fourth-order valence-electron chi connectivity index (χ4n) is 2.75. The van der Waals surface area contributed by atoms with Crippen molar-refractivity contribution in [2.24, 2.45) is 0 Å². The maximum absolute atomic E-state index is 9.40. The van der Waals surface area contributed by atoms with Gasteiger partial charge in [-0.2, -0.15) is 0 Å². The van der Waals surface area contributed by atoms with E-state index in [9.17, 15) is 5.11 Å². The highest BCUT2D eigenvalue weighted by atomic mass is 16.5. The number of ether oxygens (including phenoxy) is 1. The number of aromatic nitrogens is 3. The van der Waals surface area contributed by atoms with Gasteiger partial charge in [-0.1, -0.05) is 12.1 Å². The first-order chi connectivity index (χ1) is 9.81. The van der Waals surface area contributed by atoms with E-state index in [1.165, 1.54) is 5.56 Å². The molecule has 0 bridgehead atoms. The summed E-state index contributed by atoms with van der Waals surface area (Å²) in [5, 5.41) is 18.0. The average Bonchev–Trinajstić information content (AvgIpc) is 2.91. The molecule has 0 fully saturated rings. The average molecular weight is 273 g/mol. The molecule has 0 radical (unpaired) electrons. The Hall–Kier alpha value is -1.88. The number of aliphatic hydroxyl groups excluding tert-OH is 1. The van der Waals surface area contributed by atoms with Crippen molar-refractivity contribution in [1.29, 1.82) is 0 Å². The van der Waals surface area contributed by atoms with Gasteiger partial charge >= 0.3 is 0 Å². The zero-order valence-corrected chi connectivity index (χ0v) is 11.6. The lowest BCUT2D eigenvalue weighted by Gasteiger charge is -2.21. The van der Waals surface area contributed by atoms with E-state index in [1.54, 1.807) is 7.11 Å².